The molecule has 0 radical (unpaired) electrons. The van der Waals surface area contributed by atoms with Crippen LogP contribution in [-0.4, -0.2) is 129 Å². The third kappa shape index (κ3) is 8.75. The number of hydrogen-bond donors (Lipinski definition) is 8. The van der Waals surface area contributed by atoms with Crippen LogP contribution in [0.2, 0.25) is 0 Å². The van der Waals surface area contributed by atoms with E-state index in [0.29, 0.717) is 46.0 Å². The van der Waals surface area contributed by atoms with Crippen molar-refractivity contribution in [2.24, 2.45) is 0 Å². The van der Waals surface area contributed by atoms with Crippen LogP contribution < -0.4 is 21.3 Å². The van der Waals surface area contributed by atoms with E-state index in [-0.39, 0.29) is 62.4 Å². The van der Waals surface area contributed by atoms with Crippen molar-refractivity contribution >= 4 is 45.4 Å². The zero-order valence-electron chi connectivity index (χ0n) is 33.9. The van der Waals surface area contributed by atoms with Crippen molar-refractivity contribution in [1.29, 1.82) is 0 Å². The number of fused-ring (bicyclic) bond motifs is 2. The molecule has 2 aliphatic heterocycles. The first kappa shape index (κ1) is 42.7. The quantitative estimate of drug-likeness (QED) is 0.0899. The SMILES string of the molecule is CC[C@H](NC(=O)[C@@H](C)NC)C(=O)N1C[C@H](O)C[C@@H]1Cc1c(-c2[nH]c3cc(F)ccc3c2C[C@H]2C[C@@H](O)CN2C(=O)[C@@H](CC)NC(=O)[C@@H](C)NC)[nH]c2cc(F)ccc12. The fourth-order valence-corrected chi connectivity index (χ4v) is 8.42. The topological polar surface area (TPSA) is 195 Å². The molecule has 4 amide bonds. The summed E-state index contributed by atoms with van der Waals surface area (Å²) in [6.07, 6.45) is 0.0738. The average molecular weight is 807 g/mol. The molecule has 2 saturated heterocycles. The number of hydrogen-bond acceptors (Lipinski definition) is 8. The molecule has 0 unspecified atom stereocenters. The van der Waals surface area contributed by atoms with E-state index >= 15 is 0 Å². The number of aliphatic hydroxyl groups excluding tert-OH is 2. The summed E-state index contributed by atoms with van der Waals surface area (Å²) < 4.78 is 29.6. The molecule has 8 atom stereocenters. The molecule has 314 valence electrons. The second-order valence-electron chi connectivity index (χ2n) is 15.8. The summed E-state index contributed by atoms with van der Waals surface area (Å²) in [5.41, 5.74) is 3.58. The number of amides is 4. The van der Waals surface area contributed by atoms with Crippen LogP contribution in [-0.2, 0) is 32.0 Å². The van der Waals surface area contributed by atoms with Crippen molar-refractivity contribution in [3.05, 3.63) is 59.2 Å². The van der Waals surface area contributed by atoms with E-state index in [1.807, 2.05) is 13.8 Å². The van der Waals surface area contributed by atoms with Gasteiger partial charge in [-0.3, -0.25) is 19.2 Å². The average Bonchev–Trinajstić information content (AvgIpc) is 3.96. The number of rotatable bonds is 15. The highest BCUT2D eigenvalue weighted by Crippen LogP contribution is 2.40. The molecule has 0 aliphatic carbocycles. The van der Waals surface area contributed by atoms with Crippen molar-refractivity contribution in [3.8, 4) is 11.4 Å². The number of carbonyl (C=O) groups excluding carboxylic acids is 4. The van der Waals surface area contributed by atoms with Gasteiger partial charge in [0.25, 0.3) is 0 Å². The van der Waals surface area contributed by atoms with Crippen molar-refractivity contribution in [1.82, 2.24) is 41.0 Å². The molecule has 2 aromatic heterocycles. The number of likely N-dealkylation sites (N-methyl/N-ethyl adjacent to an activating group) is 2. The molecule has 4 aromatic rings. The molecule has 6 rings (SSSR count). The maximum atomic E-state index is 14.8. The first-order valence-electron chi connectivity index (χ1n) is 20.2. The summed E-state index contributed by atoms with van der Waals surface area (Å²) in [6.45, 7) is 7.15. The van der Waals surface area contributed by atoms with Gasteiger partial charge in [-0.15, -0.1) is 0 Å². The van der Waals surface area contributed by atoms with Gasteiger partial charge in [0.05, 0.1) is 35.7 Å². The summed E-state index contributed by atoms with van der Waals surface area (Å²) in [5, 5.41) is 34.7. The Morgan fingerprint density at radius 3 is 1.43 bits per heavy atom. The number of aromatic amines is 2. The number of aromatic nitrogens is 2. The summed E-state index contributed by atoms with van der Waals surface area (Å²) in [7, 11) is 3.31. The van der Waals surface area contributed by atoms with Crippen LogP contribution in [0.5, 0.6) is 0 Å². The molecule has 58 heavy (non-hydrogen) atoms. The van der Waals surface area contributed by atoms with Crippen LogP contribution in [0.1, 0.15) is 64.5 Å². The molecule has 0 spiro atoms. The van der Waals surface area contributed by atoms with Crippen molar-refractivity contribution in [3.63, 3.8) is 0 Å². The lowest BCUT2D eigenvalue weighted by Gasteiger charge is -2.30. The second-order valence-corrected chi connectivity index (χ2v) is 15.8. The molecular weight excluding hydrogens is 751 g/mol. The van der Waals surface area contributed by atoms with Crippen LogP contribution in [0.3, 0.4) is 0 Å². The molecular formula is C42H56F2N8O6. The molecule has 16 heteroatoms. The van der Waals surface area contributed by atoms with Crippen molar-refractivity contribution < 1.29 is 38.2 Å². The molecule has 0 saturated carbocycles. The molecule has 2 aromatic carbocycles. The molecule has 0 bridgehead atoms. The van der Waals surface area contributed by atoms with E-state index in [9.17, 15) is 38.2 Å². The number of carbonyl (C=O) groups is 4. The highest BCUT2D eigenvalue weighted by molar-refractivity contribution is 5.97. The number of nitrogens with zero attached hydrogens (tertiary/aromatic N) is 2. The highest BCUT2D eigenvalue weighted by atomic mass is 19.1. The minimum Gasteiger partial charge on any atom is -0.391 e. The lowest BCUT2D eigenvalue weighted by Crippen LogP contribution is -2.53. The normalized spacial score (nSPS) is 21.7. The van der Waals surface area contributed by atoms with Crippen LogP contribution in [0, 0.1) is 11.6 Å². The van der Waals surface area contributed by atoms with Gasteiger partial charge in [0.15, 0.2) is 0 Å². The summed E-state index contributed by atoms with van der Waals surface area (Å²) >= 11 is 0. The van der Waals surface area contributed by atoms with Crippen LogP contribution in [0.4, 0.5) is 8.78 Å². The first-order chi connectivity index (χ1) is 27.7. The standard InChI is InChI=1S/C42H56F2N8O6/c1-7-33(49-39(55)21(3)45-5)41(57)51-19-27(53)15-25(51)17-31-29-11-9-23(43)13-35(29)47-37(31)38-32(30-12-10-24(44)14-36(30)48-38)18-26-16-28(54)20-52(26)42(58)34(8-2)50-40(56)22(4)46-6/h9-14,21-22,25-28,33-34,45-48,53-54H,7-8,15-20H2,1-6H3,(H,49,55)(H,50,56)/t21-,22-,25-,26-,27-,28-,33-,34+/m1/s1. The van der Waals surface area contributed by atoms with E-state index in [1.165, 1.54) is 24.3 Å². The highest BCUT2D eigenvalue weighted by Gasteiger charge is 2.41. The van der Waals surface area contributed by atoms with Crippen LogP contribution in [0.25, 0.3) is 33.2 Å². The van der Waals surface area contributed by atoms with E-state index < -0.39 is 60.1 Å². The Morgan fingerprint density at radius 1 is 0.707 bits per heavy atom. The zero-order chi connectivity index (χ0) is 42.0. The van der Waals surface area contributed by atoms with E-state index in [1.54, 1.807) is 49.9 Å². The van der Waals surface area contributed by atoms with Crippen LogP contribution >= 0.6 is 0 Å². The van der Waals surface area contributed by atoms with Gasteiger partial charge >= 0.3 is 0 Å². The third-order valence-electron chi connectivity index (χ3n) is 11.9. The van der Waals surface area contributed by atoms with Crippen molar-refractivity contribution in [2.45, 2.75) is 115 Å². The van der Waals surface area contributed by atoms with E-state index in [4.69, 9.17) is 0 Å². The first-order valence-corrected chi connectivity index (χ1v) is 20.2. The van der Waals surface area contributed by atoms with Gasteiger partial charge in [0.2, 0.25) is 23.6 Å². The Kier molecular flexibility index (Phi) is 13.2. The Labute approximate surface area is 336 Å². The Bertz CT molecular complexity index is 2010. The second kappa shape index (κ2) is 17.9. The van der Waals surface area contributed by atoms with Gasteiger partial charge in [0, 0.05) is 47.0 Å². The minimum absolute atomic E-state index is 0.0711. The minimum atomic E-state index is -0.817. The largest absolute Gasteiger partial charge is 0.391 e. The molecule has 4 heterocycles. The summed E-state index contributed by atoms with van der Waals surface area (Å²) in [5.74, 6) is -2.21. The van der Waals surface area contributed by atoms with Crippen molar-refractivity contribution in [2.75, 3.05) is 27.2 Å². The lowest BCUT2D eigenvalue weighted by atomic mass is 9.94. The molecule has 14 nitrogen and oxygen atoms in total. The number of likely N-dealkylation sites (tertiary alicyclic amines) is 2. The summed E-state index contributed by atoms with van der Waals surface area (Å²) in [6, 6.07) is 5.13. The predicted molar refractivity (Wildman–Crippen MR) is 217 cm³/mol. The van der Waals surface area contributed by atoms with E-state index in [2.05, 4.69) is 31.2 Å². The van der Waals surface area contributed by atoms with Gasteiger partial charge in [-0.1, -0.05) is 13.8 Å². The Hall–Kier alpha value is -4.90. The summed E-state index contributed by atoms with van der Waals surface area (Å²) in [4.78, 5) is 63.7. The Balaban J connectivity index is 1.40. The zero-order valence-corrected chi connectivity index (χ0v) is 33.9. The van der Waals surface area contributed by atoms with Crippen LogP contribution in [0.15, 0.2) is 36.4 Å². The molecule has 2 aliphatic rings. The van der Waals surface area contributed by atoms with Gasteiger partial charge in [0.1, 0.15) is 23.7 Å². The number of benzene rings is 2. The molecule has 2 fully saturated rings. The van der Waals surface area contributed by atoms with Gasteiger partial charge in [-0.25, -0.2) is 8.78 Å². The monoisotopic (exact) mass is 806 g/mol. The maximum Gasteiger partial charge on any atom is 0.245 e. The van der Waals surface area contributed by atoms with Gasteiger partial charge < -0.3 is 51.2 Å². The number of aliphatic hydroxyl groups is 2. The van der Waals surface area contributed by atoms with Gasteiger partial charge in [-0.05, 0) is 114 Å². The number of H-pyrrole nitrogens is 2. The van der Waals surface area contributed by atoms with E-state index in [0.717, 1.165) is 11.1 Å². The number of halogens is 2. The predicted octanol–water partition coefficient (Wildman–Crippen LogP) is 2.61. The fourth-order valence-electron chi connectivity index (χ4n) is 8.42. The Morgan fingerprint density at radius 2 is 1.09 bits per heavy atom. The third-order valence-corrected chi connectivity index (χ3v) is 11.9. The number of nitrogens with one attached hydrogen (secondary N) is 6. The number of β-amino-alcohol motifs (C(OH)–C–C–N with tert-alkyl or cyclic N) is 2. The molecule has 8 N–H and O–H groups in total. The smallest absolute Gasteiger partial charge is 0.245 e. The lowest BCUT2D eigenvalue weighted by molar-refractivity contribution is -0.138. The fraction of sp³-hybridized carbons (Fsp3) is 0.524. The maximum absolute atomic E-state index is 14.8. The van der Waals surface area contributed by atoms with Gasteiger partial charge in [-0.2, -0.15) is 0 Å².